The predicted octanol–water partition coefficient (Wildman–Crippen LogP) is 4.17. The van der Waals surface area contributed by atoms with Crippen LogP contribution < -0.4 is 5.32 Å². The van der Waals surface area contributed by atoms with Crippen LogP contribution in [0.15, 0.2) is 54.6 Å². The van der Waals surface area contributed by atoms with Gasteiger partial charge in [0.1, 0.15) is 0 Å². The Bertz CT molecular complexity index is 805. The molecule has 22 heavy (non-hydrogen) atoms. The maximum absolute atomic E-state index is 10.9. The number of aliphatic hydroxyl groups is 1. The van der Waals surface area contributed by atoms with E-state index in [0.29, 0.717) is 0 Å². The Hall–Kier alpha value is -1.90. The Morgan fingerprint density at radius 3 is 2.41 bits per heavy atom. The largest absolute Gasteiger partial charge is 0.387 e. The highest BCUT2D eigenvalue weighted by Crippen LogP contribution is 2.34. The van der Waals surface area contributed by atoms with Crippen molar-refractivity contribution in [1.29, 1.82) is 0 Å². The summed E-state index contributed by atoms with van der Waals surface area (Å²) in [6, 6.07) is 19.2. The molecule has 2 N–H and O–H groups in total. The summed E-state index contributed by atoms with van der Waals surface area (Å²) in [6.45, 7) is 1.01. The van der Waals surface area contributed by atoms with Gasteiger partial charge in [-0.05, 0) is 52.6 Å². The summed E-state index contributed by atoms with van der Waals surface area (Å²) in [5, 5.41) is 19.3. The first kappa shape index (κ1) is 13.7. The molecule has 4 rings (SSSR count). The first-order chi connectivity index (χ1) is 10.8. The van der Waals surface area contributed by atoms with E-state index in [1.165, 1.54) is 34.4 Å². The smallest absolute Gasteiger partial charge is 0.0949 e. The van der Waals surface area contributed by atoms with Crippen molar-refractivity contribution in [3.8, 4) is 0 Å². The van der Waals surface area contributed by atoms with Crippen LogP contribution in [-0.2, 0) is 0 Å². The maximum atomic E-state index is 10.9. The van der Waals surface area contributed by atoms with Crippen molar-refractivity contribution in [3.05, 3.63) is 60.2 Å². The lowest BCUT2D eigenvalue weighted by atomic mass is 9.89. The standard InChI is InChI=1S/C20H21NO/c22-20(19-11-5-6-12-21-19)18-13-14-7-1-2-8-15(14)16-9-3-4-10-17(16)18/h1-4,7-10,13,19-22H,5-6,11-12H2. The summed E-state index contributed by atoms with van der Waals surface area (Å²) in [6.07, 6.45) is 3.00. The molecule has 1 aliphatic heterocycles. The number of nitrogens with one attached hydrogen (secondary N) is 1. The Kier molecular flexibility index (Phi) is 3.57. The molecule has 1 heterocycles. The minimum Gasteiger partial charge on any atom is -0.387 e. The molecule has 2 nitrogen and oxygen atoms in total. The highest BCUT2D eigenvalue weighted by Gasteiger charge is 2.24. The normalized spacial score (nSPS) is 20.3. The van der Waals surface area contributed by atoms with Crippen molar-refractivity contribution in [2.75, 3.05) is 6.54 Å². The fraction of sp³-hybridized carbons (Fsp3) is 0.300. The van der Waals surface area contributed by atoms with E-state index in [-0.39, 0.29) is 6.04 Å². The summed E-state index contributed by atoms with van der Waals surface area (Å²) in [5.74, 6) is 0. The first-order valence-electron chi connectivity index (χ1n) is 8.16. The van der Waals surface area contributed by atoms with E-state index >= 15 is 0 Å². The topological polar surface area (TPSA) is 32.3 Å². The van der Waals surface area contributed by atoms with E-state index in [9.17, 15) is 5.11 Å². The number of rotatable bonds is 2. The average Bonchev–Trinajstić information content (AvgIpc) is 2.61. The van der Waals surface area contributed by atoms with Gasteiger partial charge in [0.15, 0.2) is 0 Å². The number of hydrogen-bond donors (Lipinski definition) is 2. The third-order valence-corrected chi connectivity index (χ3v) is 4.85. The zero-order valence-corrected chi connectivity index (χ0v) is 12.6. The van der Waals surface area contributed by atoms with Crippen LogP contribution in [0.4, 0.5) is 0 Å². The Balaban J connectivity index is 1.91. The van der Waals surface area contributed by atoms with Gasteiger partial charge in [0.2, 0.25) is 0 Å². The SMILES string of the molecule is OC(c1cc2ccccc2c2ccccc12)C1CCCCN1. The lowest BCUT2D eigenvalue weighted by molar-refractivity contribution is 0.115. The van der Waals surface area contributed by atoms with E-state index in [1.807, 2.05) is 0 Å². The van der Waals surface area contributed by atoms with Gasteiger partial charge in [-0.2, -0.15) is 0 Å². The Morgan fingerprint density at radius 1 is 0.909 bits per heavy atom. The van der Waals surface area contributed by atoms with Crippen molar-refractivity contribution in [1.82, 2.24) is 5.32 Å². The molecule has 112 valence electrons. The molecular weight excluding hydrogens is 270 g/mol. The van der Waals surface area contributed by atoms with E-state index in [1.54, 1.807) is 0 Å². The minimum atomic E-state index is -0.449. The van der Waals surface area contributed by atoms with E-state index in [4.69, 9.17) is 0 Å². The van der Waals surface area contributed by atoms with Crippen LogP contribution in [0.5, 0.6) is 0 Å². The van der Waals surface area contributed by atoms with Crippen molar-refractivity contribution >= 4 is 21.5 Å². The minimum absolute atomic E-state index is 0.165. The molecule has 0 aliphatic carbocycles. The lowest BCUT2D eigenvalue weighted by Gasteiger charge is -2.29. The highest BCUT2D eigenvalue weighted by atomic mass is 16.3. The first-order valence-corrected chi connectivity index (χ1v) is 8.16. The van der Waals surface area contributed by atoms with Crippen LogP contribution in [0.1, 0.15) is 30.9 Å². The second-order valence-electron chi connectivity index (χ2n) is 6.23. The molecule has 2 atom stereocenters. The van der Waals surface area contributed by atoms with Gasteiger partial charge in [0.25, 0.3) is 0 Å². The molecule has 0 aromatic heterocycles. The fourth-order valence-electron chi connectivity index (χ4n) is 3.69. The second kappa shape index (κ2) is 5.71. The molecule has 0 bridgehead atoms. The molecule has 3 aromatic carbocycles. The molecule has 2 unspecified atom stereocenters. The van der Waals surface area contributed by atoms with Crippen molar-refractivity contribution in [2.24, 2.45) is 0 Å². The lowest BCUT2D eigenvalue weighted by Crippen LogP contribution is -2.38. The van der Waals surface area contributed by atoms with E-state index in [0.717, 1.165) is 18.5 Å². The summed E-state index contributed by atoms with van der Waals surface area (Å²) in [5.41, 5.74) is 1.05. The summed E-state index contributed by atoms with van der Waals surface area (Å²) >= 11 is 0. The van der Waals surface area contributed by atoms with Crippen LogP contribution in [0, 0.1) is 0 Å². The molecular formula is C20H21NO. The van der Waals surface area contributed by atoms with Gasteiger partial charge in [-0.25, -0.2) is 0 Å². The molecule has 3 aromatic rings. The van der Waals surface area contributed by atoms with Gasteiger partial charge in [-0.3, -0.25) is 0 Å². The van der Waals surface area contributed by atoms with Gasteiger partial charge < -0.3 is 10.4 Å². The third-order valence-electron chi connectivity index (χ3n) is 4.85. The molecule has 0 saturated carbocycles. The van der Waals surface area contributed by atoms with Gasteiger partial charge in [-0.1, -0.05) is 55.0 Å². The van der Waals surface area contributed by atoms with Gasteiger partial charge in [0, 0.05) is 6.04 Å². The third kappa shape index (κ3) is 2.29. The molecule has 1 fully saturated rings. The fourth-order valence-corrected chi connectivity index (χ4v) is 3.69. The highest BCUT2D eigenvalue weighted by molar-refractivity contribution is 6.09. The molecule has 1 aliphatic rings. The zero-order chi connectivity index (χ0) is 14.9. The van der Waals surface area contributed by atoms with Crippen LogP contribution in [0.25, 0.3) is 21.5 Å². The van der Waals surface area contributed by atoms with Crippen LogP contribution in [0.3, 0.4) is 0 Å². The number of aliphatic hydroxyl groups excluding tert-OH is 1. The molecule has 0 radical (unpaired) electrons. The van der Waals surface area contributed by atoms with Crippen molar-refractivity contribution < 1.29 is 5.11 Å². The number of piperidine rings is 1. The molecule has 1 saturated heterocycles. The van der Waals surface area contributed by atoms with Gasteiger partial charge >= 0.3 is 0 Å². The molecule has 0 amide bonds. The quantitative estimate of drug-likeness (QED) is 0.695. The summed E-state index contributed by atoms with van der Waals surface area (Å²) < 4.78 is 0. The second-order valence-corrected chi connectivity index (χ2v) is 6.23. The molecule has 0 spiro atoms. The van der Waals surface area contributed by atoms with Crippen molar-refractivity contribution in [3.63, 3.8) is 0 Å². The number of hydrogen-bond acceptors (Lipinski definition) is 2. The summed E-state index contributed by atoms with van der Waals surface area (Å²) in [4.78, 5) is 0. The van der Waals surface area contributed by atoms with Crippen LogP contribution in [0.2, 0.25) is 0 Å². The van der Waals surface area contributed by atoms with E-state index in [2.05, 4.69) is 59.9 Å². The Labute approximate surface area is 130 Å². The molecule has 2 heteroatoms. The average molecular weight is 291 g/mol. The van der Waals surface area contributed by atoms with Gasteiger partial charge in [0.05, 0.1) is 6.10 Å². The number of fused-ring (bicyclic) bond motifs is 3. The zero-order valence-electron chi connectivity index (χ0n) is 12.6. The monoisotopic (exact) mass is 291 g/mol. The summed E-state index contributed by atoms with van der Waals surface area (Å²) in [7, 11) is 0. The maximum Gasteiger partial charge on any atom is 0.0949 e. The predicted molar refractivity (Wildman–Crippen MR) is 92.1 cm³/mol. The number of benzene rings is 3. The Morgan fingerprint density at radius 2 is 1.64 bits per heavy atom. The van der Waals surface area contributed by atoms with Crippen molar-refractivity contribution in [2.45, 2.75) is 31.4 Å². The van der Waals surface area contributed by atoms with Crippen LogP contribution in [-0.4, -0.2) is 17.7 Å². The van der Waals surface area contributed by atoms with Crippen LogP contribution >= 0.6 is 0 Å². The van der Waals surface area contributed by atoms with Gasteiger partial charge in [-0.15, -0.1) is 0 Å². The van der Waals surface area contributed by atoms with E-state index < -0.39 is 6.10 Å².